The van der Waals surface area contributed by atoms with Crippen LogP contribution in [0.3, 0.4) is 0 Å². The molecule has 0 aromatic heterocycles. The number of benzene rings is 1. The molecular weight excluding hydrogens is 384 g/mol. The monoisotopic (exact) mass is 400 g/mol. The Labute approximate surface area is 147 Å². The third-order valence-corrected chi connectivity index (χ3v) is 5.02. The summed E-state index contributed by atoms with van der Waals surface area (Å²) < 4.78 is 5.88. The van der Waals surface area contributed by atoms with Crippen LogP contribution < -0.4 is 5.32 Å². The predicted octanol–water partition coefficient (Wildman–Crippen LogP) is 2.80. The van der Waals surface area contributed by atoms with E-state index >= 15 is 0 Å². The molecule has 1 fully saturated rings. The molecule has 6 nitrogen and oxygen atoms in total. The first kappa shape index (κ1) is 17.8. The van der Waals surface area contributed by atoms with E-state index in [1.54, 1.807) is 11.0 Å². The van der Waals surface area contributed by atoms with E-state index in [0.717, 1.165) is 15.8 Å². The summed E-state index contributed by atoms with van der Waals surface area (Å²) in [5.41, 5.74) is 1.64. The number of esters is 1. The van der Waals surface area contributed by atoms with Crippen molar-refractivity contribution in [3.8, 4) is 0 Å². The summed E-state index contributed by atoms with van der Waals surface area (Å²) in [5.74, 6) is -0.132. The summed E-state index contributed by atoms with van der Waals surface area (Å²) in [7, 11) is 0. The van der Waals surface area contributed by atoms with Crippen LogP contribution in [0.5, 0.6) is 0 Å². The first-order valence-electron chi connectivity index (χ1n) is 7.09. The third-order valence-electron chi connectivity index (χ3n) is 3.24. The number of thioether (sulfide) groups is 1. The van der Waals surface area contributed by atoms with Crippen LogP contribution in [0.2, 0.25) is 0 Å². The molecule has 1 N–H and O–H groups in total. The van der Waals surface area contributed by atoms with Gasteiger partial charge in [0.1, 0.15) is 0 Å². The molecule has 2 rings (SSSR count). The van der Waals surface area contributed by atoms with Crippen LogP contribution in [0, 0.1) is 6.92 Å². The second-order valence-corrected chi connectivity index (χ2v) is 6.92. The summed E-state index contributed by atoms with van der Waals surface area (Å²) in [5, 5.41) is 2.65. The maximum atomic E-state index is 11.8. The lowest BCUT2D eigenvalue weighted by Gasteiger charge is -2.13. The molecule has 0 atom stereocenters. The Balaban J connectivity index is 1.70. The van der Waals surface area contributed by atoms with Crippen molar-refractivity contribution in [1.29, 1.82) is 0 Å². The molecule has 2 amide bonds. The Hall–Kier alpha value is -1.54. The van der Waals surface area contributed by atoms with Gasteiger partial charge in [0.2, 0.25) is 0 Å². The molecule has 1 aromatic carbocycles. The average Bonchev–Trinajstić information content (AvgIpc) is 2.92. The Bertz CT molecular complexity index is 623. The maximum Gasteiger partial charge on any atom is 0.308 e. The van der Waals surface area contributed by atoms with Gasteiger partial charge in [-0.2, -0.15) is 0 Å². The van der Waals surface area contributed by atoms with Gasteiger partial charge < -0.3 is 15.0 Å². The van der Waals surface area contributed by atoms with E-state index in [1.807, 2.05) is 19.1 Å². The molecule has 0 saturated carbocycles. The van der Waals surface area contributed by atoms with E-state index in [0.29, 0.717) is 18.8 Å². The van der Waals surface area contributed by atoms with Gasteiger partial charge in [-0.15, -0.1) is 0 Å². The number of hydrogen-bond acceptors (Lipinski definition) is 5. The number of ether oxygens (including phenoxy) is 1. The molecule has 1 heterocycles. The van der Waals surface area contributed by atoms with E-state index < -0.39 is 11.9 Å². The van der Waals surface area contributed by atoms with E-state index in [1.165, 1.54) is 11.8 Å². The lowest BCUT2D eigenvalue weighted by atomic mass is 10.2. The van der Waals surface area contributed by atoms with Crippen LogP contribution in [0.1, 0.15) is 12.0 Å². The fourth-order valence-corrected chi connectivity index (χ4v) is 3.09. The highest BCUT2D eigenvalue weighted by atomic mass is 79.9. The summed E-state index contributed by atoms with van der Waals surface area (Å²) >= 11 is 4.63. The van der Waals surface area contributed by atoms with E-state index in [9.17, 15) is 14.4 Å². The van der Waals surface area contributed by atoms with Crippen LogP contribution >= 0.6 is 27.7 Å². The average molecular weight is 401 g/mol. The fraction of sp³-hybridized carbons (Fsp3) is 0.400. The van der Waals surface area contributed by atoms with Gasteiger partial charge >= 0.3 is 5.97 Å². The highest BCUT2D eigenvalue weighted by molar-refractivity contribution is 9.10. The van der Waals surface area contributed by atoms with Gasteiger partial charge in [-0.25, -0.2) is 0 Å². The zero-order chi connectivity index (χ0) is 16.8. The molecule has 23 heavy (non-hydrogen) atoms. The van der Waals surface area contributed by atoms with Gasteiger partial charge in [0.05, 0.1) is 6.42 Å². The zero-order valence-electron chi connectivity index (χ0n) is 12.6. The highest BCUT2D eigenvalue weighted by Crippen LogP contribution is 2.20. The predicted molar refractivity (Wildman–Crippen MR) is 92.5 cm³/mol. The molecule has 124 valence electrons. The summed E-state index contributed by atoms with van der Waals surface area (Å²) in [6.07, 6.45) is 0.0942. The van der Waals surface area contributed by atoms with Crippen molar-refractivity contribution < 1.29 is 19.1 Å². The Morgan fingerprint density at radius 2 is 2.22 bits per heavy atom. The van der Waals surface area contributed by atoms with Crippen molar-refractivity contribution in [2.75, 3.05) is 30.8 Å². The maximum absolute atomic E-state index is 11.8. The number of halogens is 1. The number of hydrogen-bond donors (Lipinski definition) is 1. The Kier molecular flexibility index (Phi) is 6.47. The van der Waals surface area contributed by atoms with Crippen molar-refractivity contribution >= 4 is 50.5 Å². The molecule has 1 aromatic rings. The first-order valence-corrected chi connectivity index (χ1v) is 8.87. The lowest BCUT2D eigenvalue weighted by Crippen LogP contribution is -2.27. The quantitative estimate of drug-likeness (QED) is 0.742. The van der Waals surface area contributed by atoms with Gasteiger partial charge in [0.15, 0.2) is 6.61 Å². The molecule has 0 spiro atoms. The number of aryl methyl sites for hydroxylation is 1. The van der Waals surface area contributed by atoms with E-state index in [-0.39, 0.29) is 18.3 Å². The molecule has 1 aliphatic rings. The number of nitrogens with one attached hydrogen (secondary N) is 1. The normalized spacial score (nSPS) is 14.0. The van der Waals surface area contributed by atoms with Crippen molar-refractivity contribution in [3.63, 3.8) is 0 Å². The lowest BCUT2D eigenvalue weighted by molar-refractivity contribution is -0.147. The van der Waals surface area contributed by atoms with Gasteiger partial charge in [0.25, 0.3) is 11.1 Å². The molecule has 8 heteroatoms. The standard InChI is InChI=1S/C15H17BrN2O4S/c1-10-8-11(2-3-12(10)16)17-13(19)9-22-14(20)4-5-18-6-7-23-15(18)21/h2-3,8H,4-7,9H2,1H3,(H,17,19). The third kappa shape index (κ3) is 5.54. The second-order valence-electron chi connectivity index (χ2n) is 5.02. The minimum Gasteiger partial charge on any atom is -0.456 e. The van der Waals surface area contributed by atoms with Gasteiger partial charge in [0, 0.05) is 29.0 Å². The Morgan fingerprint density at radius 3 is 2.87 bits per heavy atom. The van der Waals surface area contributed by atoms with Crippen molar-refractivity contribution in [3.05, 3.63) is 28.2 Å². The molecule has 0 bridgehead atoms. The number of anilines is 1. The molecule has 0 radical (unpaired) electrons. The number of nitrogens with zero attached hydrogens (tertiary/aromatic N) is 1. The zero-order valence-corrected chi connectivity index (χ0v) is 15.0. The second kappa shape index (κ2) is 8.35. The number of rotatable bonds is 6. The first-order chi connectivity index (χ1) is 11.0. The molecule has 0 aliphatic carbocycles. The van der Waals surface area contributed by atoms with Crippen LogP contribution in [-0.2, 0) is 14.3 Å². The highest BCUT2D eigenvalue weighted by Gasteiger charge is 2.21. The van der Waals surface area contributed by atoms with Crippen LogP contribution in [0.4, 0.5) is 10.5 Å². The largest absolute Gasteiger partial charge is 0.456 e. The number of carbonyl (C=O) groups is 3. The summed E-state index contributed by atoms with van der Waals surface area (Å²) in [4.78, 5) is 36.4. The summed E-state index contributed by atoms with van der Waals surface area (Å²) in [6, 6.07) is 5.41. The summed E-state index contributed by atoms with van der Waals surface area (Å²) in [6.45, 7) is 2.56. The smallest absolute Gasteiger partial charge is 0.308 e. The molecule has 1 saturated heterocycles. The van der Waals surface area contributed by atoms with Crippen LogP contribution in [-0.4, -0.2) is 47.5 Å². The molecule has 0 unspecified atom stereocenters. The van der Waals surface area contributed by atoms with Gasteiger partial charge in [-0.3, -0.25) is 14.4 Å². The van der Waals surface area contributed by atoms with Crippen LogP contribution in [0.25, 0.3) is 0 Å². The SMILES string of the molecule is Cc1cc(NC(=O)COC(=O)CCN2CCSC2=O)ccc1Br. The van der Waals surface area contributed by atoms with E-state index in [2.05, 4.69) is 21.2 Å². The van der Waals surface area contributed by atoms with Crippen molar-refractivity contribution in [2.45, 2.75) is 13.3 Å². The number of carbonyl (C=O) groups excluding carboxylic acids is 3. The minimum atomic E-state index is -0.489. The number of amides is 2. The van der Waals surface area contributed by atoms with E-state index in [4.69, 9.17) is 4.74 Å². The molecular formula is C15H17BrN2O4S. The molecule has 1 aliphatic heterocycles. The fourth-order valence-electron chi connectivity index (χ4n) is 1.99. The van der Waals surface area contributed by atoms with Crippen molar-refractivity contribution in [2.24, 2.45) is 0 Å². The Morgan fingerprint density at radius 1 is 1.43 bits per heavy atom. The minimum absolute atomic E-state index is 0.0128. The topological polar surface area (TPSA) is 75.7 Å². The van der Waals surface area contributed by atoms with Gasteiger partial charge in [-0.1, -0.05) is 27.7 Å². The van der Waals surface area contributed by atoms with Crippen molar-refractivity contribution in [1.82, 2.24) is 4.90 Å². The van der Waals surface area contributed by atoms with Gasteiger partial charge in [-0.05, 0) is 30.7 Å². The van der Waals surface area contributed by atoms with Crippen LogP contribution in [0.15, 0.2) is 22.7 Å².